The molecule has 0 aliphatic rings. The van der Waals surface area contributed by atoms with Crippen LogP contribution in [0.4, 0.5) is 0 Å². The van der Waals surface area contributed by atoms with Gasteiger partial charge in [0.1, 0.15) is 11.9 Å². The van der Waals surface area contributed by atoms with Crippen LogP contribution in [0.3, 0.4) is 0 Å². The van der Waals surface area contributed by atoms with E-state index in [1.165, 1.54) is 7.11 Å². The van der Waals surface area contributed by atoms with Crippen LogP contribution < -0.4 is 4.74 Å². The number of hydrogen-bond acceptors (Lipinski definition) is 4. The molecule has 0 aromatic heterocycles. The Morgan fingerprint density at radius 2 is 1.93 bits per heavy atom. The third-order valence-electron chi connectivity index (χ3n) is 1.59. The molecule has 0 saturated carbocycles. The van der Waals surface area contributed by atoms with Crippen LogP contribution in [-0.2, 0) is 9.78 Å². The number of hydrogen-bond donors (Lipinski definition) is 0. The standard InChI is InChI=1S/C11H13O4/c1-8(2)14-15-11(12)9-5-4-6-10(7-9)13-3/h4-7H,1-3H3. The van der Waals surface area contributed by atoms with Crippen LogP contribution >= 0.6 is 0 Å². The summed E-state index contributed by atoms with van der Waals surface area (Å²) in [6.45, 7) is 3.39. The first-order chi connectivity index (χ1) is 7.13. The molecule has 0 amide bonds. The van der Waals surface area contributed by atoms with Crippen molar-refractivity contribution in [3.05, 3.63) is 35.9 Å². The van der Waals surface area contributed by atoms with Gasteiger partial charge in [-0.05, 0) is 32.0 Å². The average Bonchev–Trinajstić information content (AvgIpc) is 2.26. The summed E-state index contributed by atoms with van der Waals surface area (Å²) in [4.78, 5) is 20.6. The van der Waals surface area contributed by atoms with Crippen LogP contribution in [0.2, 0.25) is 0 Å². The Labute approximate surface area is 88.7 Å². The maximum Gasteiger partial charge on any atom is 0.373 e. The lowest BCUT2D eigenvalue weighted by Gasteiger charge is -2.06. The first-order valence-electron chi connectivity index (χ1n) is 4.46. The van der Waals surface area contributed by atoms with E-state index < -0.39 is 5.97 Å². The highest BCUT2D eigenvalue weighted by molar-refractivity contribution is 5.89. The van der Waals surface area contributed by atoms with Gasteiger partial charge < -0.3 is 4.74 Å². The molecule has 0 saturated heterocycles. The maximum absolute atomic E-state index is 11.4. The topological polar surface area (TPSA) is 44.8 Å². The molecule has 0 N–H and O–H groups in total. The van der Waals surface area contributed by atoms with E-state index >= 15 is 0 Å². The van der Waals surface area contributed by atoms with Crippen LogP contribution in [0.15, 0.2) is 24.3 Å². The van der Waals surface area contributed by atoms with E-state index in [1.54, 1.807) is 38.1 Å². The molecular formula is C11H13O4. The summed E-state index contributed by atoms with van der Waals surface area (Å²) in [5, 5.41) is 0. The number of benzene rings is 1. The van der Waals surface area contributed by atoms with Gasteiger partial charge in [0.15, 0.2) is 0 Å². The smallest absolute Gasteiger partial charge is 0.373 e. The van der Waals surface area contributed by atoms with Crippen LogP contribution in [0.25, 0.3) is 0 Å². The monoisotopic (exact) mass is 209 g/mol. The summed E-state index contributed by atoms with van der Waals surface area (Å²) in [6.07, 6.45) is 0.561. The molecule has 0 heterocycles. The molecule has 0 unspecified atom stereocenters. The normalized spacial score (nSPS) is 10.1. The Morgan fingerprint density at radius 1 is 1.20 bits per heavy atom. The molecular weight excluding hydrogens is 196 g/mol. The molecule has 4 heteroatoms. The van der Waals surface area contributed by atoms with E-state index in [9.17, 15) is 4.79 Å². The molecule has 81 valence electrons. The van der Waals surface area contributed by atoms with Crippen molar-refractivity contribution in [1.82, 2.24) is 0 Å². The predicted octanol–water partition coefficient (Wildman–Crippen LogP) is 2.36. The predicted molar refractivity (Wildman–Crippen MR) is 54.1 cm³/mol. The highest BCUT2D eigenvalue weighted by Gasteiger charge is 2.10. The molecule has 0 fully saturated rings. The van der Waals surface area contributed by atoms with Crippen molar-refractivity contribution in [1.29, 1.82) is 0 Å². The zero-order chi connectivity index (χ0) is 11.3. The zero-order valence-electron chi connectivity index (χ0n) is 8.94. The average molecular weight is 209 g/mol. The van der Waals surface area contributed by atoms with Crippen molar-refractivity contribution in [3.8, 4) is 5.75 Å². The third-order valence-corrected chi connectivity index (χ3v) is 1.59. The molecule has 0 aliphatic carbocycles. The molecule has 0 spiro atoms. The summed E-state index contributed by atoms with van der Waals surface area (Å²) < 4.78 is 4.98. The molecule has 0 bridgehead atoms. The Morgan fingerprint density at radius 3 is 2.53 bits per heavy atom. The van der Waals surface area contributed by atoms with Gasteiger partial charge in [-0.1, -0.05) is 6.07 Å². The largest absolute Gasteiger partial charge is 0.497 e. The van der Waals surface area contributed by atoms with Crippen molar-refractivity contribution < 1.29 is 19.3 Å². The fraction of sp³-hybridized carbons (Fsp3) is 0.273. The highest BCUT2D eigenvalue weighted by atomic mass is 17.2. The minimum atomic E-state index is -0.546. The van der Waals surface area contributed by atoms with Gasteiger partial charge in [0.05, 0.1) is 12.7 Å². The Bertz CT molecular complexity index is 333. The lowest BCUT2D eigenvalue weighted by molar-refractivity contribution is -0.229. The second-order valence-corrected chi connectivity index (χ2v) is 3.09. The van der Waals surface area contributed by atoms with Crippen molar-refractivity contribution in [2.75, 3.05) is 7.11 Å². The Balaban J connectivity index is 2.65. The van der Waals surface area contributed by atoms with Crippen LogP contribution in [0.1, 0.15) is 24.2 Å². The Hall–Kier alpha value is -1.55. The van der Waals surface area contributed by atoms with Gasteiger partial charge in [-0.25, -0.2) is 4.79 Å². The molecule has 1 aromatic rings. The Kier molecular flexibility index (Phi) is 4.12. The van der Waals surface area contributed by atoms with Gasteiger partial charge in [0.2, 0.25) is 0 Å². The summed E-state index contributed by atoms with van der Waals surface area (Å²) in [7, 11) is 1.53. The van der Waals surface area contributed by atoms with Crippen molar-refractivity contribution in [2.45, 2.75) is 13.8 Å². The lowest BCUT2D eigenvalue weighted by atomic mass is 10.2. The lowest BCUT2D eigenvalue weighted by Crippen LogP contribution is -2.07. The van der Waals surface area contributed by atoms with E-state index in [0.717, 1.165) is 0 Å². The molecule has 4 nitrogen and oxygen atoms in total. The molecule has 0 aliphatic heterocycles. The third kappa shape index (κ3) is 3.59. The van der Waals surface area contributed by atoms with Gasteiger partial charge in [-0.2, -0.15) is 4.89 Å². The maximum atomic E-state index is 11.4. The van der Waals surface area contributed by atoms with Crippen molar-refractivity contribution in [2.24, 2.45) is 0 Å². The summed E-state index contributed by atoms with van der Waals surface area (Å²) in [6, 6.07) is 6.66. The minimum Gasteiger partial charge on any atom is -0.497 e. The number of methoxy groups -OCH3 is 1. The van der Waals surface area contributed by atoms with E-state index in [2.05, 4.69) is 9.78 Å². The molecule has 1 radical (unpaired) electrons. The van der Waals surface area contributed by atoms with E-state index in [0.29, 0.717) is 17.4 Å². The summed E-state index contributed by atoms with van der Waals surface area (Å²) in [5.74, 6) is 0.0525. The molecule has 1 rings (SSSR count). The van der Waals surface area contributed by atoms with E-state index in [4.69, 9.17) is 4.74 Å². The fourth-order valence-electron chi connectivity index (χ4n) is 0.919. The zero-order valence-corrected chi connectivity index (χ0v) is 8.94. The number of carbonyl (C=O) groups excluding carboxylic acids is 1. The summed E-state index contributed by atoms with van der Waals surface area (Å²) >= 11 is 0. The van der Waals surface area contributed by atoms with Crippen LogP contribution in [0.5, 0.6) is 5.75 Å². The summed E-state index contributed by atoms with van der Waals surface area (Å²) in [5.41, 5.74) is 0.385. The second kappa shape index (κ2) is 5.36. The van der Waals surface area contributed by atoms with Gasteiger partial charge in [0, 0.05) is 0 Å². The SMILES string of the molecule is COc1cccc(C(=O)OO[C](C)C)c1. The van der Waals surface area contributed by atoms with Crippen molar-refractivity contribution in [3.63, 3.8) is 0 Å². The molecule has 15 heavy (non-hydrogen) atoms. The van der Waals surface area contributed by atoms with Crippen LogP contribution in [-0.4, -0.2) is 13.1 Å². The number of ether oxygens (including phenoxy) is 1. The molecule has 0 atom stereocenters. The first kappa shape index (κ1) is 11.5. The van der Waals surface area contributed by atoms with Gasteiger partial charge >= 0.3 is 5.97 Å². The van der Waals surface area contributed by atoms with Crippen LogP contribution in [0, 0.1) is 6.10 Å². The fourth-order valence-corrected chi connectivity index (χ4v) is 0.919. The number of carbonyl (C=O) groups is 1. The van der Waals surface area contributed by atoms with E-state index in [-0.39, 0.29) is 0 Å². The first-order valence-corrected chi connectivity index (χ1v) is 4.46. The highest BCUT2D eigenvalue weighted by Crippen LogP contribution is 2.14. The van der Waals surface area contributed by atoms with E-state index in [1.807, 2.05) is 0 Å². The second-order valence-electron chi connectivity index (χ2n) is 3.09. The number of rotatable bonds is 4. The van der Waals surface area contributed by atoms with Crippen molar-refractivity contribution >= 4 is 5.97 Å². The molecule has 1 aromatic carbocycles. The van der Waals surface area contributed by atoms with Gasteiger partial charge in [-0.3, -0.25) is 4.89 Å². The van der Waals surface area contributed by atoms with Gasteiger partial charge in [0.25, 0.3) is 0 Å². The quantitative estimate of drug-likeness (QED) is 0.564. The minimum absolute atomic E-state index is 0.385. The van der Waals surface area contributed by atoms with Gasteiger partial charge in [-0.15, -0.1) is 0 Å².